The zero-order chi connectivity index (χ0) is 6.69. The molecule has 1 rings (SSSR count). The van der Waals surface area contributed by atoms with Gasteiger partial charge in [0.2, 0.25) is 0 Å². The first-order valence-electron chi connectivity index (χ1n) is 3.48. The maximum Gasteiger partial charge on any atom is 0.162 e. The zero-order valence-electron chi connectivity index (χ0n) is 5.47. The van der Waals surface area contributed by atoms with Crippen LogP contribution in [0.15, 0.2) is 0 Å². The molecule has 1 N–H and O–H groups in total. The lowest BCUT2D eigenvalue weighted by Crippen LogP contribution is -2.11. The molecule has 1 aliphatic rings. The molecule has 1 fully saturated rings. The highest BCUT2D eigenvalue weighted by Gasteiger charge is 2.20. The molecule has 0 radical (unpaired) electrons. The Kier molecular flexibility index (Phi) is 2.62. The molecule has 1 atom stereocenters. The van der Waals surface area contributed by atoms with Gasteiger partial charge in [-0.05, 0) is 25.7 Å². The minimum atomic E-state index is -1.62. The summed E-state index contributed by atoms with van der Waals surface area (Å²) in [5, 5.41) is 6.98. The Labute approximate surface area is 56.6 Å². The lowest BCUT2D eigenvalue weighted by atomic mass is 10.0. The van der Waals surface area contributed by atoms with Gasteiger partial charge < -0.3 is 4.89 Å². The van der Waals surface area contributed by atoms with Crippen molar-refractivity contribution in [2.45, 2.75) is 37.8 Å². The summed E-state index contributed by atoms with van der Waals surface area (Å²) < 4.78 is 0. The van der Waals surface area contributed by atoms with Gasteiger partial charge in [0.1, 0.15) is 5.66 Å². The first-order chi connectivity index (χ1) is 4.30. The van der Waals surface area contributed by atoms with E-state index in [1.165, 1.54) is 19.3 Å². The summed E-state index contributed by atoms with van der Waals surface area (Å²) in [4.78, 5) is 10.6. The molecule has 9 heavy (non-hydrogen) atoms. The van der Waals surface area contributed by atoms with E-state index in [1.807, 2.05) is 0 Å². The number of hydrogen-bond donors (Lipinski definition) is 1. The van der Waals surface area contributed by atoms with Gasteiger partial charge in [0.15, 0.2) is 7.94 Å². The third-order valence-electron chi connectivity index (χ3n) is 1.91. The molecule has 0 aromatic rings. The number of hydrogen-bond acceptors (Lipinski definition) is 2. The Morgan fingerprint density at radius 3 is 2.11 bits per heavy atom. The van der Waals surface area contributed by atoms with Crippen LogP contribution in [-0.2, 0) is 0 Å². The van der Waals surface area contributed by atoms with E-state index >= 15 is 0 Å². The molecule has 0 aromatic carbocycles. The van der Waals surface area contributed by atoms with Crippen molar-refractivity contribution in [1.29, 1.82) is 5.16 Å². The SMILES string of the molecule is N=[P+]([O-])C1CCCCC1. The molecule has 1 saturated carbocycles. The summed E-state index contributed by atoms with van der Waals surface area (Å²) in [5.41, 5.74) is 0.230. The van der Waals surface area contributed by atoms with Crippen molar-refractivity contribution in [2.24, 2.45) is 0 Å². The maximum atomic E-state index is 10.6. The number of rotatable bonds is 1. The second-order valence-corrected chi connectivity index (χ2v) is 4.00. The van der Waals surface area contributed by atoms with Crippen molar-refractivity contribution in [3.8, 4) is 0 Å². The van der Waals surface area contributed by atoms with E-state index in [0.717, 1.165) is 12.8 Å². The van der Waals surface area contributed by atoms with Crippen LogP contribution in [-0.4, -0.2) is 5.66 Å². The zero-order valence-corrected chi connectivity index (χ0v) is 6.36. The molecule has 0 spiro atoms. The fraction of sp³-hybridized carbons (Fsp3) is 1.00. The summed E-state index contributed by atoms with van der Waals surface area (Å²) in [7, 11) is -1.62. The monoisotopic (exact) mass is 145 g/mol. The average Bonchev–Trinajstić information content (AvgIpc) is 1.90. The largest absolute Gasteiger partial charge is 0.612 e. The lowest BCUT2D eigenvalue weighted by Gasteiger charge is -2.15. The summed E-state index contributed by atoms with van der Waals surface area (Å²) in [6.07, 6.45) is 5.70. The molecule has 2 nitrogen and oxygen atoms in total. The molecule has 1 unspecified atom stereocenters. The van der Waals surface area contributed by atoms with Crippen LogP contribution in [0.2, 0.25) is 0 Å². The maximum absolute atomic E-state index is 10.6. The van der Waals surface area contributed by atoms with E-state index in [0.29, 0.717) is 0 Å². The van der Waals surface area contributed by atoms with Gasteiger partial charge in [-0.15, -0.1) is 5.16 Å². The van der Waals surface area contributed by atoms with Gasteiger partial charge in [0.25, 0.3) is 0 Å². The molecule has 0 amide bonds. The van der Waals surface area contributed by atoms with E-state index < -0.39 is 7.94 Å². The van der Waals surface area contributed by atoms with E-state index in [-0.39, 0.29) is 5.66 Å². The standard InChI is InChI=1S/C6H12NOP/c7-9(8)6-4-2-1-3-5-6/h6-7H,1-5H2. The minimum absolute atomic E-state index is 0.230. The molecule has 0 bridgehead atoms. The summed E-state index contributed by atoms with van der Waals surface area (Å²) in [6, 6.07) is 0. The predicted octanol–water partition coefficient (Wildman–Crippen LogP) is 1.84. The molecular weight excluding hydrogens is 133 g/mol. The highest BCUT2D eigenvalue weighted by Crippen LogP contribution is 2.32. The van der Waals surface area contributed by atoms with Gasteiger partial charge in [0, 0.05) is 0 Å². The van der Waals surface area contributed by atoms with Crippen molar-refractivity contribution < 1.29 is 4.89 Å². The van der Waals surface area contributed by atoms with Crippen LogP contribution in [0.5, 0.6) is 0 Å². The molecular formula is C6H12NOP. The highest BCUT2D eigenvalue weighted by atomic mass is 31.1. The van der Waals surface area contributed by atoms with Crippen LogP contribution in [0.25, 0.3) is 0 Å². The van der Waals surface area contributed by atoms with Gasteiger partial charge in [0.05, 0.1) is 0 Å². The molecule has 52 valence electrons. The normalized spacial score (nSPS) is 23.9. The van der Waals surface area contributed by atoms with Crippen LogP contribution >= 0.6 is 7.94 Å². The fourth-order valence-electron chi connectivity index (χ4n) is 1.32. The Bertz CT molecular complexity index is 110. The summed E-state index contributed by atoms with van der Waals surface area (Å²) in [5.74, 6) is 0. The van der Waals surface area contributed by atoms with Crippen molar-refractivity contribution in [2.75, 3.05) is 0 Å². The second kappa shape index (κ2) is 3.28. The number of nitrogens with one attached hydrogen (secondary N) is 1. The van der Waals surface area contributed by atoms with Crippen LogP contribution < -0.4 is 4.89 Å². The van der Waals surface area contributed by atoms with Crippen LogP contribution in [0.3, 0.4) is 0 Å². The third kappa shape index (κ3) is 2.04. The van der Waals surface area contributed by atoms with Gasteiger partial charge in [-0.1, -0.05) is 6.42 Å². The van der Waals surface area contributed by atoms with E-state index in [1.54, 1.807) is 0 Å². The quantitative estimate of drug-likeness (QED) is 0.562. The van der Waals surface area contributed by atoms with Gasteiger partial charge in [-0.25, -0.2) is 0 Å². The van der Waals surface area contributed by atoms with Crippen LogP contribution in [0.1, 0.15) is 32.1 Å². The van der Waals surface area contributed by atoms with E-state index in [4.69, 9.17) is 5.16 Å². The first kappa shape index (κ1) is 7.17. The van der Waals surface area contributed by atoms with Gasteiger partial charge in [-0.3, -0.25) is 0 Å². The molecule has 0 aromatic heterocycles. The second-order valence-electron chi connectivity index (χ2n) is 2.62. The summed E-state index contributed by atoms with van der Waals surface area (Å²) >= 11 is 0. The van der Waals surface area contributed by atoms with E-state index in [2.05, 4.69) is 0 Å². The van der Waals surface area contributed by atoms with Gasteiger partial charge in [-0.2, -0.15) is 0 Å². The third-order valence-corrected chi connectivity index (χ3v) is 3.09. The van der Waals surface area contributed by atoms with E-state index in [9.17, 15) is 4.89 Å². The molecule has 0 heterocycles. The Morgan fingerprint density at radius 1 is 1.22 bits per heavy atom. The Hall–Kier alpha value is 0.0600. The molecule has 0 saturated heterocycles. The molecule has 0 aliphatic heterocycles. The van der Waals surface area contributed by atoms with Gasteiger partial charge >= 0.3 is 0 Å². The highest BCUT2D eigenvalue weighted by molar-refractivity contribution is 7.38. The first-order valence-corrected chi connectivity index (χ1v) is 4.81. The smallest absolute Gasteiger partial charge is 0.162 e. The van der Waals surface area contributed by atoms with Crippen molar-refractivity contribution in [3.63, 3.8) is 0 Å². The topological polar surface area (TPSA) is 46.9 Å². The molecule has 1 aliphatic carbocycles. The van der Waals surface area contributed by atoms with Crippen molar-refractivity contribution in [1.82, 2.24) is 0 Å². The predicted molar refractivity (Wildman–Crippen MR) is 36.5 cm³/mol. The Morgan fingerprint density at radius 2 is 1.78 bits per heavy atom. The Balaban J connectivity index is 2.31. The average molecular weight is 145 g/mol. The van der Waals surface area contributed by atoms with Crippen molar-refractivity contribution in [3.05, 3.63) is 0 Å². The lowest BCUT2D eigenvalue weighted by molar-refractivity contribution is -0.158. The summed E-state index contributed by atoms with van der Waals surface area (Å²) in [6.45, 7) is 0. The fourth-order valence-corrected chi connectivity index (χ4v) is 2.15. The van der Waals surface area contributed by atoms with Crippen LogP contribution in [0.4, 0.5) is 0 Å². The molecule has 3 heteroatoms. The van der Waals surface area contributed by atoms with Crippen LogP contribution in [0, 0.1) is 5.16 Å². The van der Waals surface area contributed by atoms with Crippen molar-refractivity contribution >= 4 is 7.94 Å². The minimum Gasteiger partial charge on any atom is -0.612 e.